The highest BCUT2D eigenvalue weighted by Crippen LogP contribution is 2.40. The van der Waals surface area contributed by atoms with E-state index in [-0.39, 0.29) is 11.4 Å². The molecule has 0 aliphatic carbocycles. The summed E-state index contributed by atoms with van der Waals surface area (Å²) >= 11 is 1.27. The number of ketones is 1. The summed E-state index contributed by atoms with van der Waals surface area (Å²) in [5, 5.41) is 13.5. The fraction of sp³-hybridized carbons (Fsp3) is 0.167. The normalized spacial score (nSPS) is 16.3. The molecule has 3 aromatic heterocycles. The van der Waals surface area contributed by atoms with Crippen LogP contribution in [0, 0.1) is 0 Å². The van der Waals surface area contributed by atoms with E-state index in [1.807, 2.05) is 24.4 Å². The molecule has 8 heteroatoms. The van der Waals surface area contributed by atoms with Crippen molar-refractivity contribution in [2.75, 3.05) is 13.7 Å². The lowest BCUT2D eigenvalue weighted by Gasteiger charge is -2.24. The summed E-state index contributed by atoms with van der Waals surface area (Å²) in [6.07, 6.45) is 3.91. The molecule has 7 nitrogen and oxygen atoms in total. The van der Waals surface area contributed by atoms with E-state index in [4.69, 9.17) is 9.15 Å². The minimum absolute atomic E-state index is 0.0491. The van der Waals surface area contributed by atoms with Gasteiger partial charge in [0.1, 0.15) is 17.6 Å². The number of amides is 1. The van der Waals surface area contributed by atoms with Crippen LogP contribution < -0.4 is 4.74 Å². The number of aliphatic hydroxyl groups is 1. The van der Waals surface area contributed by atoms with Crippen LogP contribution in [0.4, 0.5) is 0 Å². The molecule has 0 fully saturated rings. The number of furan rings is 1. The number of aromatic amines is 1. The van der Waals surface area contributed by atoms with E-state index < -0.39 is 17.7 Å². The molecule has 1 aliphatic rings. The Morgan fingerprint density at radius 2 is 2.16 bits per heavy atom. The van der Waals surface area contributed by atoms with Gasteiger partial charge in [0.25, 0.3) is 5.91 Å². The number of thiophene rings is 1. The van der Waals surface area contributed by atoms with E-state index in [2.05, 4.69) is 4.98 Å². The van der Waals surface area contributed by atoms with Crippen LogP contribution in [-0.2, 0) is 11.2 Å². The summed E-state index contributed by atoms with van der Waals surface area (Å²) in [6.45, 7) is 0.291. The van der Waals surface area contributed by atoms with Crippen LogP contribution in [-0.4, -0.2) is 40.3 Å². The average molecular weight is 449 g/mol. The highest BCUT2D eigenvalue weighted by molar-refractivity contribution is 7.12. The van der Waals surface area contributed by atoms with Gasteiger partial charge in [-0.15, -0.1) is 11.3 Å². The van der Waals surface area contributed by atoms with Gasteiger partial charge < -0.3 is 24.1 Å². The minimum Gasteiger partial charge on any atom is -0.503 e. The summed E-state index contributed by atoms with van der Waals surface area (Å²) in [5.74, 6) is -0.296. The van der Waals surface area contributed by atoms with Crippen LogP contribution in [0.5, 0.6) is 5.75 Å². The number of carbonyl (C=O) groups excluding carboxylic acids is 2. The summed E-state index contributed by atoms with van der Waals surface area (Å²) in [7, 11) is 1.62. The number of H-pyrrole nitrogens is 1. The molecule has 0 unspecified atom stereocenters. The zero-order valence-electron chi connectivity index (χ0n) is 17.2. The monoisotopic (exact) mass is 448 g/mol. The minimum atomic E-state index is -0.785. The molecule has 1 aliphatic heterocycles. The fourth-order valence-corrected chi connectivity index (χ4v) is 4.81. The molecule has 0 spiro atoms. The zero-order valence-corrected chi connectivity index (χ0v) is 18.0. The Labute approximate surface area is 187 Å². The highest BCUT2D eigenvalue weighted by atomic mass is 32.1. The number of hydrogen-bond donors (Lipinski definition) is 2. The Morgan fingerprint density at radius 3 is 2.88 bits per heavy atom. The third kappa shape index (κ3) is 3.29. The number of nitrogens with one attached hydrogen (secondary N) is 1. The molecule has 32 heavy (non-hydrogen) atoms. The number of ether oxygens (including phenoxy) is 1. The van der Waals surface area contributed by atoms with Crippen molar-refractivity contribution >= 4 is 33.9 Å². The standard InChI is InChI=1S/C24H20N2O5S/c1-30-15-6-7-17-16(12-15)14(13-25-17)8-9-26-21(18-4-2-10-31-18)20(23(28)24(26)29)22(27)19-5-3-11-32-19/h2-7,10-13,21,25,28H,8-9H2,1H3/t21-/m1/s1. The van der Waals surface area contributed by atoms with Gasteiger partial charge in [-0.05, 0) is 53.8 Å². The second kappa shape index (κ2) is 8.05. The van der Waals surface area contributed by atoms with Crippen LogP contribution >= 0.6 is 11.3 Å². The third-order valence-corrected chi connectivity index (χ3v) is 6.57. The van der Waals surface area contributed by atoms with E-state index in [0.29, 0.717) is 23.6 Å². The average Bonchev–Trinajstić information content (AvgIpc) is 3.60. The molecular weight excluding hydrogens is 428 g/mol. The Balaban J connectivity index is 1.47. The summed E-state index contributed by atoms with van der Waals surface area (Å²) < 4.78 is 10.9. The predicted octanol–water partition coefficient (Wildman–Crippen LogP) is 4.65. The Kier molecular flexibility index (Phi) is 5.07. The van der Waals surface area contributed by atoms with Crippen LogP contribution in [0.15, 0.2) is 76.1 Å². The number of aromatic nitrogens is 1. The first-order valence-electron chi connectivity index (χ1n) is 10.1. The molecule has 4 heterocycles. The molecule has 162 valence electrons. The van der Waals surface area contributed by atoms with Crippen molar-refractivity contribution in [3.63, 3.8) is 0 Å². The quantitative estimate of drug-likeness (QED) is 0.401. The molecule has 0 saturated carbocycles. The molecular formula is C24H20N2O5S. The lowest BCUT2D eigenvalue weighted by molar-refractivity contribution is -0.129. The van der Waals surface area contributed by atoms with Gasteiger partial charge in [-0.3, -0.25) is 9.59 Å². The Hall–Kier alpha value is -3.78. The molecule has 2 N–H and O–H groups in total. The van der Waals surface area contributed by atoms with Crippen LogP contribution in [0.3, 0.4) is 0 Å². The molecule has 1 atom stereocenters. The number of nitrogens with zero attached hydrogens (tertiary/aromatic N) is 1. The van der Waals surface area contributed by atoms with Crippen LogP contribution in [0.25, 0.3) is 10.9 Å². The van der Waals surface area contributed by atoms with Gasteiger partial charge in [0, 0.05) is 23.6 Å². The number of benzene rings is 1. The van der Waals surface area contributed by atoms with Gasteiger partial charge in [0.05, 0.1) is 23.8 Å². The molecule has 0 bridgehead atoms. The number of aliphatic hydroxyl groups excluding tert-OH is 1. The first-order valence-corrected chi connectivity index (χ1v) is 11.0. The highest BCUT2D eigenvalue weighted by Gasteiger charge is 2.45. The first kappa shape index (κ1) is 20.1. The van der Waals surface area contributed by atoms with Crippen LogP contribution in [0.1, 0.15) is 27.0 Å². The zero-order chi connectivity index (χ0) is 22.2. The van der Waals surface area contributed by atoms with Gasteiger partial charge in [0.2, 0.25) is 5.78 Å². The topological polar surface area (TPSA) is 95.8 Å². The second-order valence-electron chi connectivity index (χ2n) is 7.46. The number of hydrogen-bond acceptors (Lipinski definition) is 6. The summed E-state index contributed by atoms with van der Waals surface area (Å²) in [4.78, 5) is 31.3. The number of rotatable bonds is 7. The smallest absolute Gasteiger partial charge is 0.290 e. The molecule has 5 rings (SSSR count). The maximum atomic E-state index is 13.1. The van der Waals surface area contributed by atoms with Crippen molar-refractivity contribution in [1.29, 1.82) is 0 Å². The number of Topliss-reactive ketones (excluding diaryl/α,β-unsaturated/α-hetero) is 1. The second-order valence-corrected chi connectivity index (χ2v) is 8.41. The van der Waals surface area contributed by atoms with Gasteiger partial charge in [-0.25, -0.2) is 0 Å². The van der Waals surface area contributed by atoms with E-state index in [1.54, 1.807) is 36.8 Å². The van der Waals surface area contributed by atoms with Crippen molar-refractivity contribution < 1.29 is 23.8 Å². The van der Waals surface area contributed by atoms with Crippen molar-refractivity contribution in [2.24, 2.45) is 0 Å². The number of carbonyl (C=O) groups is 2. The predicted molar refractivity (Wildman–Crippen MR) is 120 cm³/mol. The molecule has 0 saturated heterocycles. The van der Waals surface area contributed by atoms with Crippen molar-refractivity contribution in [3.8, 4) is 5.75 Å². The fourth-order valence-electron chi connectivity index (χ4n) is 4.13. The molecule has 1 amide bonds. The van der Waals surface area contributed by atoms with Gasteiger partial charge in [-0.1, -0.05) is 6.07 Å². The third-order valence-electron chi connectivity index (χ3n) is 5.70. The lowest BCUT2D eigenvalue weighted by atomic mass is 10.00. The van der Waals surface area contributed by atoms with Gasteiger partial charge >= 0.3 is 0 Å². The van der Waals surface area contributed by atoms with E-state index in [1.165, 1.54) is 22.5 Å². The number of fused-ring (bicyclic) bond motifs is 1. The maximum absolute atomic E-state index is 13.1. The van der Waals surface area contributed by atoms with Crippen molar-refractivity contribution in [2.45, 2.75) is 12.5 Å². The summed E-state index contributed by atoms with van der Waals surface area (Å²) in [5.41, 5.74) is 2.01. The lowest BCUT2D eigenvalue weighted by Crippen LogP contribution is -2.32. The van der Waals surface area contributed by atoms with Crippen molar-refractivity contribution in [3.05, 3.63) is 87.8 Å². The first-order chi connectivity index (χ1) is 15.6. The van der Waals surface area contributed by atoms with Crippen molar-refractivity contribution in [1.82, 2.24) is 9.88 Å². The molecule has 4 aromatic rings. The van der Waals surface area contributed by atoms with Gasteiger partial charge in [-0.2, -0.15) is 0 Å². The summed E-state index contributed by atoms with van der Waals surface area (Å²) in [6, 6.07) is 11.8. The van der Waals surface area contributed by atoms with E-state index in [0.717, 1.165) is 22.2 Å². The van der Waals surface area contributed by atoms with E-state index in [9.17, 15) is 14.7 Å². The Bertz CT molecular complexity index is 1320. The SMILES string of the molecule is COc1ccc2[nH]cc(CCN3C(=O)C(O)=C(C(=O)c4cccs4)[C@H]3c3ccco3)c2c1. The number of methoxy groups -OCH3 is 1. The van der Waals surface area contributed by atoms with E-state index >= 15 is 0 Å². The molecule has 1 aromatic carbocycles. The van der Waals surface area contributed by atoms with Crippen LogP contribution in [0.2, 0.25) is 0 Å². The Morgan fingerprint density at radius 1 is 1.28 bits per heavy atom. The maximum Gasteiger partial charge on any atom is 0.290 e. The molecule has 0 radical (unpaired) electrons. The van der Waals surface area contributed by atoms with Gasteiger partial charge in [0.15, 0.2) is 5.76 Å². The largest absolute Gasteiger partial charge is 0.503 e.